The highest BCUT2D eigenvalue weighted by molar-refractivity contribution is 6.32. The molecule has 0 aromatic carbocycles. The van der Waals surface area contributed by atoms with Gasteiger partial charge in [0.1, 0.15) is 10.3 Å². The number of hydrogen-bond donors (Lipinski definition) is 2. The van der Waals surface area contributed by atoms with Crippen molar-refractivity contribution in [3.63, 3.8) is 0 Å². The maximum atomic E-state index is 13.3. The number of aliphatic imine (C=N–C) groups is 1. The summed E-state index contributed by atoms with van der Waals surface area (Å²) in [6, 6.07) is 2.02. The first-order chi connectivity index (χ1) is 8.57. The average molecular weight is 320 g/mol. The Morgan fingerprint density at radius 2 is 1.74 bits per heavy atom. The minimum Gasteiger partial charge on any atom is -0.290 e. The van der Waals surface area contributed by atoms with E-state index in [1.54, 1.807) is 0 Å². The van der Waals surface area contributed by atoms with Crippen LogP contribution in [0.25, 0.3) is 0 Å². The van der Waals surface area contributed by atoms with Gasteiger partial charge in [0, 0.05) is 19.1 Å². The summed E-state index contributed by atoms with van der Waals surface area (Å²) in [6.45, 7) is -0.00757. The third-order valence-corrected chi connectivity index (χ3v) is 2.33. The highest BCUT2D eigenvalue weighted by Gasteiger charge is 2.56. The lowest BCUT2D eigenvalue weighted by atomic mass is 10.2. The van der Waals surface area contributed by atoms with E-state index in [4.69, 9.17) is 28.4 Å². The van der Waals surface area contributed by atoms with Crippen LogP contribution in [-0.4, -0.2) is 27.9 Å². The molecule has 0 aliphatic rings. The first-order valence-corrected chi connectivity index (χ1v) is 5.41. The van der Waals surface area contributed by atoms with Crippen molar-refractivity contribution in [1.29, 1.82) is 0 Å². The molecule has 0 spiro atoms. The fourth-order valence-electron chi connectivity index (χ4n) is 1.02. The third-order valence-electron chi connectivity index (χ3n) is 1.94. The van der Waals surface area contributed by atoms with Gasteiger partial charge < -0.3 is 0 Å². The van der Waals surface area contributed by atoms with E-state index in [9.17, 15) is 17.6 Å². The van der Waals surface area contributed by atoms with Gasteiger partial charge >= 0.3 is 11.8 Å². The second kappa shape index (κ2) is 5.48. The fraction of sp³-hybridized carbons (Fsp3) is 0.333. The van der Waals surface area contributed by atoms with E-state index >= 15 is 0 Å². The number of alkyl halides is 4. The molecule has 0 saturated carbocycles. The maximum absolute atomic E-state index is 13.3. The molecular weight excluding hydrogens is 313 g/mol. The molecule has 0 unspecified atom stereocenters. The molecule has 1 heterocycles. The van der Waals surface area contributed by atoms with Crippen LogP contribution in [0, 0.1) is 0 Å². The van der Waals surface area contributed by atoms with Crippen LogP contribution in [-0.2, 0) is 0 Å². The van der Waals surface area contributed by atoms with Gasteiger partial charge in [-0.25, -0.2) is 9.98 Å². The number of amidine groups is 1. The Morgan fingerprint density at radius 1 is 1.26 bits per heavy atom. The van der Waals surface area contributed by atoms with Crippen LogP contribution in [0.1, 0.15) is 6.92 Å². The molecule has 10 heteroatoms. The second-order valence-corrected chi connectivity index (χ2v) is 4.28. The minimum absolute atomic E-state index is 0.00757. The summed E-state index contributed by atoms with van der Waals surface area (Å²) in [5.74, 6) is -10.8. The van der Waals surface area contributed by atoms with Crippen molar-refractivity contribution in [2.24, 2.45) is 4.99 Å². The van der Waals surface area contributed by atoms with Gasteiger partial charge in [-0.2, -0.15) is 17.6 Å². The third kappa shape index (κ3) is 3.68. The van der Waals surface area contributed by atoms with E-state index in [-0.39, 0.29) is 22.9 Å². The summed E-state index contributed by atoms with van der Waals surface area (Å²) in [4.78, 5) is 6.67. The lowest BCUT2D eigenvalue weighted by molar-refractivity contribution is -0.157. The van der Waals surface area contributed by atoms with E-state index in [1.165, 1.54) is 0 Å². The largest absolute Gasteiger partial charge is 0.367 e. The molecule has 0 aliphatic carbocycles. The monoisotopic (exact) mass is 319 g/mol. The molecule has 0 radical (unpaired) electrons. The van der Waals surface area contributed by atoms with Gasteiger partial charge in [0.15, 0.2) is 0 Å². The van der Waals surface area contributed by atoms with Crippen LogP contribution in [0.5, 0.6) is 0 Å². The molecule has 19 heavy (non-hydrogen) atoms. The van der Waals surface area contributed by atoms with Crippen molar-refractivity contribution in [2.45, 2.75) is 18.8 Å². The number of hydroxylamine groups is 1. The number of halogens is 6. The lowest BCUT2D eigenvalue weighted by Crippen LogP contribution is -2.50. The Bertz CT molecular complexity index is 484. The Balaban J connectivity index is 3.26. The first kappa shape index (κ1) is 15.9. The molecule has 0 fully saturated rings. The van der Waals surface area contributed by atoms with Crippen molar-refractivity contribution in [3.8, 4) is 0 Å². The summed E-state index contributed by atoms with van der Waals surface area (Å²) in [5.41, 5.74) is 0.677. The zero-order valence-electron chi connectivity index (χ0n) is 9.26. The molecule has 2 N–H and O–H groups in total. The molecule has 0 amide bonds. The maximum Gasteiger partial charge on any atom is 0.367 e. The van der Waals surface area contributed by atoms with Crippen molar-refractivity contribution < 1.29 is 22.8 Å². The van der Waals surface area contributed by atoms with Gasteiger partial charge in [-0.05, 0) is 0 Å². The SMILES string of the molecule is CC(F)(F)C(F)(F)C(=Nc1cc(Cl)nc(Cl)c1)NO. The topological polar surface area (TPSA) is 57.5 Å². The van der Waals surface area contributed by atoms with Crippen LogP contribution in [0.15, 0.2) is 17.1 Å². The van der Waals surface area contributed by atoms with E-state index in [0.717, 1.165) is 17.6 Å². The number of rotatable bonds is 3. The quantitative estimate of drug-likeness (QED) is 0.294. The van der Waals surface area contributed by atoms with E-state index in [0.29, 0.717) is 0 Å². The van der Waals surface area contributed by atoms with Crippen LogP contribution in [0.4, 0.5) is 23.2 Å². The predicted octanol–water partition coefficient (Wildman–Crippen LogP) is 3.69. The molecule has 0 aliphatic heterocycles. The van der Waals surface area contributed by atoms with Gasteiger partial charge in [0.25, 0.3) is 0 Å². The smallest absolute Gasteiger partial charge is 0.290 e. The number of nitrogens with one attached hydrogen (secondary N) is 1. The Morgan fingerprint density at radius 3 is 2.11 bits per heavy atom. The van der Waals surface area contributed by atoms with Crippen LogP contribution >= 0.6 is 23.2 Å². The predicted molar refractivity (Wildman–Crippen MR) is 61.8 cm³/mol. The zero-order valence-corrected chi connectivity index (χ0v) is 10.8. The molecular formula is C9H7Cl2F4N3O. The van der Waals surface area contributed by atoms with Crippen LogP contribution < -0.4 is 5.48 Å². The summed E-state index contributed by atoms with van der Waals surface area (Å²) in [5, 5.41) is 8.21. The normalized spacial score (nSPS) is 13.6. The summed E-state index contributed by atoms with van der Waals surface area (Å²) >= 11 is 11.0. The van der Waals surface area contributed by atoms with E-state index in [1.807, 2.05) is 0 Å². The Hall–Kier alpha value is -1.12. The van der Waals surface area contributed by atoms with Crippen LogP contribution in [0.2, 0.25) is 10.3 Å². The Kier molecular flexibility index (Phi) is 4.59. The average Bonchev–Trinajstić information content (AvgIpc) is 2.22. The van der Waals surface area contributed by atoms with Crippen molar-refractivity contribution in [3.05, 3.63) is 22.4 Å². The molecule has 1 aromatic rings. The van der Waals surface area contributed by atoms with Gasteiger partial charge in [-0.1, -0.05) is 23.2 Å². The van der Waals surface area contributed by atoms with Gasteiger partial charge in [0.05, 0.1) is 5.69 Å². The zero-order chi connectivity index (χ0) is 14.8. The molecule has 4 nitrogen and oxygen atoms in total. The first-order valence-electron chi connectivity index (χ1n) is 4.66. The number of pyridine rings is 1. The fourth-order valence-corrected chi connectivity index (χ4v) is 1.47. The highest BCUT2D eigenvalue weighted by atomic mass is 35.5. The van der Waals surface area contributed by atoms with Crippen molar-refractivity contribution in [2.75, 3.05) is 0 Å². The molecule has 0 bridgehead atoms. The number of aromatic nitrogens is 1. The lowest BCUT2D eigenvalue weighted by Gasteiger charge is -2.23. The molecule has 106 valence electrons. The Labute approximate surface area is 115 Å². The second-order valence-electron chi connectivity index (χ2n) is 3.51. The summed E-state index contributed by atoms with van der Waals surface area (Å²) in [7, 11) is 0. The molecule has 1 rings (SSSR count). The molecule has 1 aromatic heterocycles. The van der Waals surface area contributed by atoms with Crippen molar-refractivity contribution >= 4 is 34.7 Å². The summed E-state index contributed by atoms with van der Waals surface area (Å²) < 4.78 is 52.1. The highest BCUT2D eigenvalue weighted by Crippen LogP contribution is 2.35. The van der Waals surface area contributed by atoms with Crippen LogP contribution in [0.3, 0.4) is 0 Å². The summed E-state index contributed by atoms with van der Waals surface area (Å²) in [6.07, 6.45) is 0. The molecule has 0 atom stereocenters. The van der Waals surface area contributed by atoms with Crippen molar-refractivity contribution in [1.82, 2.24) is 10.5 Å². The number of hydrogen-bond acceptors (Lipinski definition) is 3. The standard InChI is InChI=1S/C9H7Cl2F4N3O/c1-8(12,13)9(14,15)7(18-19)16-4-2-5(10)17-6(11)3-4/h2-3,19H,1H3,(H,16,17,18). The molecule has 0 saturated heterocycles. The van der Waals surface area contributed by atoms with E-state index in [2.05, 4.69) is 9.98 Å². The van der Waals surface area contributed by atoms with Gasteiger partial charge in [0.2, 0.25) is 5.84 Å². The van der Waals surface area contributed by atoms with Gasteiger partial charge in [-0.15, -0.1) is 0 Å². The number of nitrogens with zero attached hydrogens (tertiary/aromatic N) is 2. The van der Waals surface area contributed by atoms with Gasteiger partial charge in [-0.3, -0.25) is 10.7 Å². The van der Waals surface area contributed by atoms with E-state index < -0.39 is 17.7 Å². The minimum atomic E-state index is -4.70.